The standard InChI is InChI=1S/C22H16ClN3OS/c23-19-14-8-7-9-16(19)15-20-21(27)26(18-12-5-2-6-13-18)22(28-20)25-24-17-10-3-1-4-11-17/h1-15,24H. The maximum absolute atomic E-state index is 13.1. The maximum Gasteiger partial charge on any atom is 0.271 e. The Labute approximate surface area is 172 Å². The summed E-state index contributed by atoms with van der Waals surface area (Å²) in [6, 6.07) is 26.5. The van der Waals surface area contributed by atoms with Crippen LogP contribution in [0.4, 0.5) is 11.4 Å². The second-order valence-electron chi connectivity index (χ2n) is 5.98. The van der Waals surface area contributed by atoms with E-state index in [0.29, 0.717) is 15.1 Å². The molecule has 28 heavy (non-hydrogen) atoms. The third-order valence-electron chi connectivity index (χ3n) is 4.07. The van der Waals surface area contributed by atoms with Crippen LogP contribution in [-0.2, 0) is 4.79 Å². The molecule has 1 N–H and O–H groups in total. The molecule has 4 rings (SSSR count). The van der Waals surface area contributed by atoms with E-state index in [1.54, 1.807) is 17.0 Å². The lowest BCUT2D eigenvalue weighted by molar-refractivity contribution is -0.113. The molecule has 1 aliphatic heterocycles. The van der Waals surface area contributed by atoms with Crippen molar-refractivity contribution in [3.63, 3.8) is 0 Å². The summed E-state index contributed by atoms with van der Waals surface area (Å²) in [5.41, 5.74) is 5.43. The zero-order chi connectivity index (χ0) is 19.3. The molecule has 0 saturated carbocycles. The molecule has 0 aromatic heterocycles. The van der Waals surface area contributed by atoms with Gasteiger partial charge in [0.05, 0.1) is 16.3 Å². The van der Waals surface area contributed by atoms with Crippen LogP contribution in [0, 0.1) is 0 Å². The number of amidine groups is 1. The first-order valence-corrected chi connectivity index (χ1v) is 9.84. The zero-order valence-corrected chi connectivity index (χ0v) is 16.3. The summed E-state index contributed by atoms with van der Waals surface area (Å²) >= 11 is 7.57. The van der Waals surface area contributed by atoms with Crippen molar-refractivity contribution < 1.29 is 4.79 Å². The molecule has 0 spiro atoms. The molecule has 0 unspecified atom stereocenters. The van der Waals surface area contributed by atoms with Crippen molar-refractivity contribution in [2.45, 2.75) is 0 Å². The highest BCUT2D eigenvalue weighted by molar-refractivity contribution is 8.19. The molecule has 6 heteroatoms. The average molecular weight is 406 g/mol. The highest BCUT2D eigenvalue weighted by atomic mass is 35.5. The molecule has 0 atom stereocenters. The number of carbonyl (C=O) groups excluding carboxylic acids is 1. The van der Waals surface area contributed by atoms with E-state index in [4.69, 9.17) is 11.6 Å². The molecular weight excluding hydrogens is 390 g/mol. The number of para-hydroxylation sites is 2. The molecule has 0 bridgehead atoms. The molecule has 1 amide bonds. The van der Waals surface area contributed by atoms with Crippen LogP contribution in [0.2, 0.25) is 5.02 Å². The molecule has 1 heterocycles. The third-order valence-corrected chi connectivity index (χ3v) is 5.38. The van der Waals surface area contributed by atoms with Gasteiger partial charge in [-0.05, 0) is 53.7 Å². The van der Waals surface area contributed by atoms with Crippen molar-refractivity contribution in [1.29, 1.82) is 0 Å². The van der Waals surface area contributed by atoms with E-state index in [0.717, 1.165) is 16.9 Å². The fourth-order valence-corrected chi connectivity index (χ4v) is 3.83. The highest BCUT2D eigenvalue weighted by Gasteiger charge is 2.35. The van der Waals surface area contributed by atoms with Gasteiger partial charge in [0.2, 0.25) is 0 Å². The number of thioether (sulfide) groups is 1. The topological polar surface area (TPSA) is 44.7 Å². The van der Waals surface area contributed by atoms with Crippen molar-refractivity contribution in [3.8, 4) is 0 Å². The lowest BCUT2D eigenvalue weighted by Gasteiger charge is -2.15. The first kappa shape index (κ1) is 18.3. The molecule has 138 valence electrons. The molecule has 0 aliphatic carbocycles. The van der Waals surface area contributed by atoms with Gasteiger partial charge in [-0.15, -0.1) is 5.10 Å². The summed E-state index contributed by atoms with van der Waals surface area (Å²) in [6.07, 6.45) is 1.80. The number of nitrogens with zero attached hydrogens (tertiary/aromatic N) is 2. The number of amides is 1. The summed E-state index contributed by atoms with van der Waals surface area (Å²) in [4.78, 5) is 15.3. The van der Waals surface area contributed by atoms with Crippen molar-refractivity contribution in [2.24, 2.45) is 5.10 Å². The minimum absolute atomic E-state index is 0.135. The fourth-order valence-electron chi connectivity index (χ4n) is 2.71. The number of nitrogens with one attached hydrogen (secondary N) is 1. The molecule has 3 aromatic carbocycles. The molecule has 4 nitrogen and oxygen atoms in total. The summed E-state index contributed by atoms with van der Waals surface area (Å²) < 4.78 is 0. The Morgan fingerprint density at radius 3 is 2.25 bits per heavy atom. The number of halogens is 1. The third kappa shape index (κ3) is 3.96. The van der Waals surface area contributed by atoms with Gasteiger partial charge >= 0.3 is 0 Å². The summed E-state index contributed by atoms with van der Waals surface area (Å²) in [7, 11) is 0. The van der Waals surface area contributed by atoms with E-state index in [2.05, 4.69) is 10.5 Å². The number of benzene rings is 3. The monoisotopic (exact) mass is 405 g/mol. The second-order valence-corrected chi connectivity index (χ2v) is 7.40. The van der Waals surface area contributed by atoms with Crippen molar-refractivity contribution in [2.75, 3.05) is 10.3 Å². The van der Waals surface area contributed by atoms with E-state index in [-0.39, 0.29) is 5.91 Å². The maximum atomic E-state index is 13.1. The van der Waals surface area contributed by atoms with Crippen LogP contribution in [-0.4, -0.2) is 11.1 Å². The van der Waals surface area contributed by atoms with Gasteiger partial charge < -0.3 is 0 Å². The van der Waals surface area contributed by atoms with Crippen molar-refractivity contribution in [3.05, 3.63) is 100 Å². The van der Waals surface area contributed by atoms with Crippen LogP contribution < -0.4 is 10.3 Å². The smallest absolute Gasteiger partial charge is 0.271 e. The number of hydrazone groups is 1. The number of anilines is 2. The lowest BCUT2D eigenvalue weighted by Crippen LogP contribution is -2.29. The normalized spacial score (nSPS) is 16.8. The average Bonchev–Trinajstić information content (AvgIpc) is 3.05. The van der Waals surface area contributed by atoms with Crippen molar-refractivity contribution >= 4 is 51.9 Å². The number of hydrogen-bond acceptors (Lipinski definition) is 4. The van der Waals surface area contributed by atoms with Gasteiger partial charge in [0.1, 0.15) is 0 Å². The van der Waals surface area contributed by atoms with E-state index in [9.17, 15) is 4.79 Å². The fraction of sp³-hybridized carbons (Fsp3) is 0. The second kappa shape index (κ2) is 8.33. The zero-order valence-electron chi connectivity index (χ0n) is 14.7. The molecule has 1 fully saturated rings. The predicted octanol–water partition coefficient (Wildman–Crippen LogP) is 5.84. The summed E-state index contributed by atoms with van der Waals surface area (Å²) in [5.74, 6) is -0.135. The Bertz CT molecular complexity index is 1050. The van der Waals surface area contributed by atoms with Gasteiger partial charge in [-0.2, -0.15) is 0 Å². The number of hydrogen-bond donors (Lipinski definition) is 1. The van der Waals surface area contributed by atoms with Gasteiger partial charge in [0.15, 0.2) is 5.17 Å². The van der Waals surface area contributed by atoms with Gasteiger partial charge in [-0.3, -0.25) is 15.1 Å². The molecule has 1 aliphatic rings. The highest BCUT2D eigenvalue weighted by Crippen LogP contribution is 2.36. The molecular formula is C22H16ClN3OS. The largest absolute Gasteiger partial charge is 0.276 e. The molecule has 1 saturated heterocycles. The SMILES string of the molecule is O=C1C(=Cc2ccccc2Cl)SC(=NNc2ccccc2)N1c1ccccc1. The minimum Gasteiger partial charge on any atom is -0.276 e. The van der Waals surface area contributed by atoms with Gasteiger partial charge in [-0.1, -0.05) is 66.2 Å². The molecule has 3 aromatic rings. The Kier molecular flexibility index (Phi) is 5.46. The van der Waals surface area contributed by atoms with Gasteiger partial charge in [0.25, 0.3) is 5.91 Å². The van der Waals surface area contributed by atoms with Crippen LogP contribution >= 0.6 is 23.4 Å². The number of rotatable bonds is 4. The summed E-state index contributed by atoms with van der Waals surface area (Å²) in [5, 5.41) is 5.63. The van der Waals surface area contributed by atoms with E-state index in [1.807, 2.05) is 78.9 Å². The van der Waals surface area contributed by atoms with Gasteiger partial charge in [-0.25, -0.2) is 0 Å². The molecule has 0 radical (unpaired) electrons. The quantitative estimate of drug-likeness (QED) is 0.437. The predicted molar refractivity (Wildman–Crippen MR) is 118 cm³/mol. The Balaban J connectivity index is 1.71. The van der Waals surface area contributed by atoms with Crippen LogP contribution in [0.25, 0.3) is 6.08 Å². The summed E-state index contributed by atoms with van der Waals surface area (Å²) in [6.45, 7) is 0. The van der Waals surface area contributed by atoms with Crippen LogP contribution in [0.3, 0.4) is 0 Å². The van der Waals surface area contributed by atoms with E-state index in [1.165, 1.54) is 11.8 Å². The van der Waals surface area contributed by atoms with Crippen molar-refractivity contribution in [1.82, 2.24) is 0 Å². The Morgan fingerprint density at radius 2 is 1.54 bits per heavy atom. The van der Waals surface area contributed by atoms with E-state index < -0.39 is 0 Å². The van der Waals surface area contributed by atoms with E-state index >= 15 is 0 Å². The first-order valence-electron chi connectivity index (χ1n) is 8.65. The van der Waals surface area contributed by atoms with Crippen LogP contribution in [0.15, 0.2) is 94.9 Å². The lowest BCUT2D eigenvalue weighted by atomic mass is 10.2. The Hall–Kier alpha value is -3.02. The van der Waals surface area contributed by atoms with Gasteiger partial charge in [0, 0.05) is 5.02 Å². The minimum atomic E-state index is -0.135. The Morgan fingerprint density at radius 1 is 0.893 bits per heavy atom. The number of carbonyl (C=O) groups is 1. The van der Waals surface area contributed by atoms with Crippen LogP contribution in [0.5, 0.6) is 0 Å². The van der Waals surface area contributed by atoms with Crippen LogP contribution in [0.1, 0.15) is 5.56 Å². The first-order chi connectivity index (χ1) is 13.7.